The number of hydrogen-bond donors (Lipinski definition) is 0. The third-order valence-corrected chi connectivity index (χ3v) is 1.64. The van der Waals surface area contributed by atoms with Crippen molar-refractivity contribution in [3.05, 3.63) is 39.9 Å². The van der Waals surface area contributed by atoms with Crippen LogP contribution in [0.15, 0.2) is 24.3 Å². The zero-order chi connectivity index (χ0) is 9.84. The van der Waals surface area contributed by atoms with E-state index >= 15 is 0 Å². The van der Waals surface area contributed by atoms with Gasteiger partial charge in [-0.2, -0.15) is 0 Å². The van der Waals surface area contributed by atoms with Crippen LogP contribution < -0.4 is 0 Å². The maximum atomic E-state index is 10.4. The first kappa shape index (κ1) is 9.16. The Hall–Kier alpha value is -1.93. The molecule has 0 unspecified atom stereocenters. The van der Waals surface area contributed by atoms with Gasteiger partial charge in [-0.05, 0) is 12.5 Å². The van der Waals surface area contributed by atoms with Gasteiger partial charge < -0.3 is 0 Å². The average molecular weight is 177 g/mol. The molecule has 0 amide bonds. The van der Waals surface area contributed by atoms with Crippen molar-refractivity contribution in [1.29, 1.82) is 0 Å². The van der Waals surface area contributed by atoms with Crippen LogP contribution >= 0.6 is 0 Å². The molecule has 1 aromatic rings. The van der Waals surface area contributed by atoms with Crippen LogP contribution in [0.5, 0.6) is 0 Å². The van der Waals surface area contributed by atoms with Crippen molar-refractivity contribution in [2.75, 3.05) is 0 Å². The molecule has 0 aliphatic carbocycles. The molecule has 0 N–H and O–H groups in total. The second kappa shape index (κ2) is 3.65. The monoisotopic (exact) mass is 177 g/mol. The summed E-state index contributed by atoms with van der Waals surface area (Å²) in [5, 5.41) is 10.4. The van der Waals surface area contributed by atoms with Crippen molar-refractivity contribution in [1.82, 2.24) is 0 Å². The maximum absolute atomic E-state index is 10.4. The fourth-order valence-corrected chi connectivity index (χ4v) is 0.912. The molecule has 66 valence electrons. The van der Waals surface area contributed by atoms with Gasteiger partial charge in [0, 0.05) is 17.7 Å². The number of nitro benzene ring substituents is 1. The lowest BCUT2D eigenvalue weighted by molar-refractivity contribution is -0.384. The molecule has 0 aliphatic rings. The van der Waals surface area contributed by atoms with E-state index in [9.17, 15) is 14.9 Å². The molecule has 1 aromatic carbocycles. The van der Waals surface area contributed by atoms with E-state index in [1.54, 1.807) is 18.9 Å². The minimum absolute atomic E-state index is 0.0212. The van der Waals surface area contributed by atoms with Gasteiger partial charge in [-0.3, -0.25) is 10.1 Å². The summed E-state index contributed by atoms with van der Waals surface area (Å²) in [5.41, 5.74) is 0.875. The molecule has 0 bridgehead atoms. The summed E-state index contributed by atoms with van der Waals surface area (Å²) in [6, 6.07) is 5.89. The summed E-state index contributed by atoms with van der Waals surface area (Å²) in [6.45, 7) is 1.56. The molecule has 4 nitrogen and oxygen atoms in total. The third-order valence-electron chi connectivity index (χ3n) is 1.64. The number of rotatable bonds is 2. The first-order chi connectivity index (χ1) is 6.15. The van der Waals surface area contributed by atoms with E-state index in [-0.39, 0.29) is 5.69 Å². The highest BCUT2D eigenvalue weighted by atomic mass is 16.6. The standard InChI is InChI=1S/C9H7NO3/c1-7(6-11)8-3-2-4-9(5-8)10(12)13/h2-5H,1H3. The van der Waals surface area contributed by atoms with E-state index < -0.39 is 4.92 Å². The summed E-state index contributed by atoms with van der Waals surface area (Å²) in [4.78, 5) is 20.1. The topological polar surface area (TPSA) is 60.2 Å². The lowest BCUT2D eigenvalue weighted by atomic mass is 10.1. The third kappa shape index (κ3) is 2.01. The van der Waals surface area contributed by atoms with Crippen LogP contribution in [0.1, 0.15) is 12.5 Å². The van der Waals surface area contributed by atoms with Crippen LogP contribution in [0.4, 0.5) is 5.69 Å². The highest BCUT2D eigenvalue weighted by Crippen LogP contribution is 2.17. The van der Waals surface area contributed by atoms with Crippen LogP contribution in [0, 0.1) is 10.1 Å². The molecule has 0 heterocycles. The van der Waals surface area contributed by atoms with Gasteiger partial charge in [0.05, 0.1) is 4.92 Å². The van der Waals surface area contributed by atoms with Gasteiger partial charge in [-0.25, -0.2) is 4.79 Å². The van der Waals surface area contributed by atoms with E-state index in [2.05, 4.69) is 0 Å². The second-order valence-corrected chi connectivity index (χ2v) is 2.53. The van der Waals surface area contributed by atoms with E-state index in [0.29, 0.717) is 11.1 Å². The first-order valence-corrected chi connectivity index (χ1v) is 3.61. The number of allylic oxidation sites excluding steroid dienone is 1. The van der Waals surface area contributed by atoms with Gasteiger partial charge in [0.1, 0.15) is 5.94 Å². The highest BCUT2D eigenvalue weighted by Gasteiger charge is 2.06. The molecule has 0 fully saturated rings. The van der Waals surface area contributed by atoms with Crippen LogP contribution in [-0.2, 0) is 4.79 Å². The summed E-state index contributed by atoms with van der Waals surface area (Å²) in [6.07, 6.45) is 0. The summed E-state index contributed by atoms with van der Waals surface area (Å²) >= 11 is 0. The molecule has 0 spiro atoms. The molecule has 0 saturated heterocycles. The van der Waals surface area contributed by atoms with Crippen LogP contribution in [0.25, 0.3) is 5.57 Å². The highest BCUT2D eigenvalue weighted by molar-refractivity contribution is 5.86. The molecule has 0 radical (unpaired) electrons. The largest absolute Gasteiger partial charge is 0.270 e. The number of non-ortho nitro benzene ring substituents is 1. The normalized spacial score (nSPS) is 9.00. The second-order valence-electron chi connectivity index (χ2n) is 2.53. The zero-order valence-corrected chi connectivity index (χ0v) is 6.98. The van der Waals surface area contributed by atoms with Crippen molar-refractivity contribution in [2.24, 2.45) is 0 Å². The lowest BCUT2D eigenvalue weighted by Gasteiger charge is -1.95. The van der Waals surface area contributed by atoms with Crippen LogP contribution in [0.3, 0.4) is 0 Å². The van der Waals surface area contributed by atoms with Crippen LogP contribution in [0.2, 0.25) is 0 Å². The van der Waals surface area contributed by atoms with Crippen molar-refractivity contribution >= 4 is 17.2 Å². The molecular formula is C9H7NO3. The Morgan fingerprint density at radius 3 is 2.77 bits per heavy atom. The number of carbonyl (C=O) groups excluding carboxylic acids is 1. The summed E-state index contributed by atoms with van der Waals surface area (Å²) in [5.74, 6) is 1.69. The van der Waals surface area contributed by atoms with Crippen LogP contribution in [-0.4, -0.2) is 10.9 Å². The lowest BCUT2D eigenvalue weighted by Crippen LogP contribution is -1.89. The Kier molecular flexibility index (Phi) is 2.57. The average Bonchev–Trinajstić information content (AvgIpc) is 2.17. The molecule has 0 aliphatic heterocycles. The first-order valence-electron chi connectivity index (χ1n) is 3.61. The summed E-state index contributed by atoms with van der Waals surface area (Å²) < 4.78 is 0. The quantitative estimate of drug-likeness (QED) is 0.393. The van der Waals surface area contributed by atoms with E-state index in [1.165, 1.54) is 18.2 Å². The predicted octanol–water partition coefficient (Wildman–Crippen LogP) is 1.83. The Morgan fingerprint density at radius 2 is 2.23 bits per heavy atom. The molecule has 0 saturated carbocycles. The van der Waals surface area contributed by atoms with Gasteiger partial charge >= 0.3 is 0 Å². The molecular weight excluding hydrogens is 170 g/mol. The zero-order valence-electron chi connectivity index (χ0n) is 6.98. The fourth-order valence-electron chi connectivity index (χ4n) is 0.912. The fraction of sp³-hybridized carbons (Fsp3) is 0.111. The molecule has 4 heteroatoms. The van der Waals surface area contributed by atoms with Gasteiger partial charge in [0.2, 0.25) is 0 Å². The summed E-state index contributed by atoms with van der Waals surface area (Å²) in [7, 11) is 0. The van der Waals surface area contributed by atoms with E-state index in [1.807, 2.05) is 0 Å². The van der Waals surface area contributed by atoms with E-state index in [4.69, 9.17) is 0 Å². The van der Waals surface area contributed by atoms with Crippen molar-refractivity contribution in [2.45, 2.75) is 6.92 Å². The van der Waals surface area contributed by atoms with Crippen molar-refractivity contribution in [3.63, 3.8) is 0 Å². The maximum Gasteiger partial charge on any atom is 0.270 e. The molecule has 0 aromatic heterocycles. The minimum Gasteiger partial charge on any atom is -0.258 e. The van der Waals surface area contributed by atoms with Gasteiger partial charge in [0.25, 0.3) is 5.69 Å². The minimum atomic E-state index is -0.498. The van der Waals surface area contributed by atoms with Gasteiger partial charge in [-0.15, -0.1) is 0 Å². The Balaban J connectivity index is 3.20. The molecule has 1 rings (SSSR count). The van der Waals surface area contributed by atoms with Crippen molar-refractivity contribution in [3.8, 4) is 0 Å². The number of benzene rings is 1. The molecule has 13 heavy (non-hydrogen) atoms. The Morgan fingerprint density at radius 1 is 1.54 bits per heavy atom. The Bertz CT molecular complexity index is 392. The number of nitrogens with zero attached hydrogens (tertiary/aromatic N) is 1. The number of hydrogen-bond acceptors (Lipinski definition) is 3. The van der Waals surface area contributed by atoms with Gasteiger partial charge in [0.15, 0.2) is 0 Å². The van der Waals surface area contributed by atoms with E-state index in [0.717, 1.165) is 0 Å². The van der Waals surface area contributed by atoms with Gasteiger partial charge in [-0.1, -0.05) is 12.1 Å². The van der Waals surface area contributed by atoms with Crippen molar-refractivity contribution < 1.29 is 9.72 Å². The SMILES string of the molecule is CC(=C=O)c1cccc([N+](=O)[O-])c1. The Labute approximate surface area is 74.7 Å². The number of nitro groups is 1. The smallest absolute Gasteiger partial charge is 0.258 e. The molecule has 0 atom stereocenters. The predicted molar refractivity (Wildman–Crippen MR) is 47.9 cm³/mol.